The lowest BCUT2D eigenvalue weighted by molar-refractivity contribution is -0.157. The van der Waals surface area contributed by atoms with Crippen molar-refractivity contribution in [1.29, 1.82) is 5.26 Å². The molecule has 0 unspecified atom stereocenters. The summed E-state index contributed by atoms with van der Waals surface area (Å²) in [5.41, 5.74) is -1.10. The molecule has 2 aliphatic rings. The molecule has 1 heterocycles. The van der Waals surface area contributed by atoms with Crippen LogP contribution in [0.1, 0.15) is 44.9 Å². The molecule has 0 aromatic carbocycles. The molecular weight excluding hydrogens is 342 g/mol. The maximum absolute atomic E-state index is 14.2. The minimum atomic E-state index is -4.31. The summed E-state index contributed by atoms with van der Waals surface area (Å²) in [5.74, 6) is -7.44. The van der Waals surface area contributed by atoms with E-state index < -0.39 is 38.9 Å². The number of carbonyl (C=O) groups excluding carboxylic acids is 1. The van der Waals surface area contributed by atoms with Gasteiger partial charge in [-0.2, -0.15) is 14.0 Å². The van der Waals surface area contributed by atoms with Gasteiger partial charge >= 0.3 is 11.8 Å². The summed E-state index contributed by atoms with van der Waals surface area (Å²) in [6.07, 6.45) is 3.15. The normalized spacial score (nSPS) is 22.5. The molecule has 1 amide bonds. The molecule has 9 heteroatoms. The molecule has 1 aliphatic carbocycles. The van der Waals surface area contributed by atoms with E-state index in [9.17, 15) is 27.3 Å². The van der Waals surface area contributed by atoms with Gasteiger partial charge in [-0.15, -0.1) is 0 Å². The van der Waals surface area contributed by atoms with Crippen molar-refractivity contribution in [3.05, 3.63) is 0 Å². The minimum Gasteiger partial charge on any atom is -0.381 e. The first-order chi connectivity index (χ1) is 11.2. The summed E-state index contributed by atoms with van der Waals surface area (Å²) in [7, 11) is -4.31. The standard InChI is InChI=1S/C15H22F2N2O4S/c16-15(17,12-4-8-23-9-5-12)13(20)19-24(21,22)11-14(10-18)6-2-1-3-7-14/h12H,1-9,11H2,(H,19,20). The van der Waals surface area contributed by atoms with Crippen molar-refractivity contribution in [3.63, 3.8) is 0 Å². The highest BCUT2D eigenvalue weighted by Gasteiger charge is 2.49. The van der Waals surface area contributed by atoms with Gasteiger partial charge < -0.3 is 4.74 Å². The van der Waals surface area contributed by atoms with Crippen molar-refractivity contribution in [3.8, 4) is 6.07 Å². The maximum Gasteiger partial charge on any atom is 0.328 e. The minimum absolute atomic E-state index is 0.00258. The molecular formula is C15H22F2N2O4S. The van der Waals surface area contributed by atoms with Gasteiger partial charge in [0.2, 0.25) is 10.0 Å². The van der Waals surface area contributed by atoms with Crippen LogP contribution in [0.4, 0.5) is 8.78 Å². The topological polar surface area (TPSA) is 96.3 Å². The molecule has 1 N–H and O–H groups in total. The average molecular weight is 364 g/mol. The second kappa shape index (κ2) is 7.31. The smallest absolute Gasteiger partial charge is 0.328 e. The average Bonchev–Trinajstić information content (AvgIpc) is 2.55. The third-order valence-corrected chi connectivity index (χ3v) is 6.23. The van der Waals surface area contributed by atoms with Crippen LogP contribution in [0.25, 0.3) is 0 Å². The number of carbonyl (C=O) groups is 1. The van der Waals surface area contributed by atoms with Gasteiger partial charge in [-0.1, -0.05) is 19.3 Å². The first kappa shape index (κ1) is 19.1. The van der Waals surface area contributed by atoms with Crippen LogP contribution in [-0.4, -0.2) is 39.2 Å². The lowest BCUT2D eigenvalue weighted by atomic mass is 9.77. The molecule has 0 radical (unpaired) electrons. The van der Waals surface area contributed by atoms with E-state index >= 15 is 0 Å². The molecule has 1 saturated carbocycles. The van der Waals surface area contributed by atoms with Crippen molar-refractivity contribution in [2.24, 2.45) is 11.3 Å². The Morgan fingerprint density at radius 1 is 1.25 bits per heavy atom. The van der Waals surface area contributed by atoms with Crippen LogP contribution in [0, 0.1) is 22.7 Å². The molecule has 1 aliphatic heterocycles. The zero-order chi connectivity index (χ0) is 17.8. The van der Waals surface area contributed by atoms with E-state index in [0.29, 0.717) is 12.8 Å². The number of halogens is 2. The molecule has 2 fully saturated rings. The van der Waals surface area contributed by atoms with Crippen molar-refractivity contribution in [2.75, 3.05) is 19.0 Å². The number of nitrogens with zero attached hydrogens (tertiary/aromatic N) is 1. The molecule has 0 bridgehead atoms. The summed E-state index contributed by atoms with van der Waals surface area (Å²) in [4.78, 5) is 11.9. The number of amides is 1. The van der Waals surface area contributed by atoms with Crippen LogP contribution in [0.15, 0.2) is 0 Å². The third kappa shape index (κ3) is 4.42. The van der Waals surface area contributed by atoms with E-state index in [-0.39, 0.29) is 26.1 Å². The van der Waals surface area contributed by atoms with E-state index in [4.69, 9.17) is 4.74 Å². The Bertz CT molecular complexity index is 603. The van der Waals surface area contributed by atoms with Crippen LogP contribution < -0.4 is 4.72 Å². The number of hydrogen-bond acceptors (Lipinski definition) is 5. The van der Waals surface area contributed by atoms with E-state index in [1.165, 1.54) is 4.72 Å². The Hall–Kier alpha value is -1.27. The zero-order valence-electron chi connectivity index (χ0n) is 13.4. The Morgan fingerprint density at radius 3 is 2.38 bits per heavy atom. The maximum atomic E-state index is 14.2. The van der Waals surface area contributed by atoms with Gasteiger partial charge in [0.1, 0.15) is 0 Å². The van der Waals surface area contributed by atoms with Crippen molar-refractivity contribution < 1.29 is 26.7 Å². The van der Waals surface area contributed by atoms with E-state index in [1.807, 2.05) is 6.07 Å². The Balaban J connectivity index is 2.04. The molecule has 0 aromatic rings. The highest BCUT2D eigenvalue weighted by Crippen LogP contribution is 2.37. The largest absolute Gasteiger partial charge is 0.381 e. The van der Waals surface area contributed by atoms with Crippen LogP contribution in [0.3, 0.4) is 0 Å². The second-order valence-electron chi connectivity index (χ2n) is 6.65. The highest BCUT2D eigenvalue weighted by molar-refractivity contribution is 7.90. The summed E-state index contributed by atoms with van der Waals surface area (Å²) in [6, 6.07) is 2.01. The summed E-state index contributed by atoms with van der Waals surface area (Å²) < 4.78 is 59.2. The first-order valence-electron chi connectivity index (χ1n) is 8.13. The van der Waals surface area contributed by atoms with Gasteiger partial charge in [0.15, 0.2) is 0 Å². The number of nitrogens with one attached hydrogen (secondary N) is 1. The lowest BCUT2D eigenvalue weighted by Crippen LogP contribution is -2.50. The molecule has 0 aromatic heterocycles. The molecule has 1 saturated heterocycles. The zero-order valence-corrected chi connectivity index (χ0v) is 14.2. The van der Waals surface area contributed by atoms with Gasteiger partial charge in [0.05, 0.1) is 17.2 Å². The van der Waals surface area contributed by atoms with Crippen molar-refractivity contribution >= 4 is 15.9 Å². The number of hydrogen-bond donors (Lipinski definition) is 1. The molecule has 6 nitrogen and oxygen atoms in total. The van der Waals surface area contributed by atoms with Gasteiger partial charge in [-0.05, 0) is 25.7 Å². The Kier molecular flexibility index (Phi) is 5.81. The number of nitriles is 1. The van der Waals surface area contributed by atoms with Gasteiger partial charge in [-0.25, -0.2) is 13.1 Å². The van der Waals surface area contributed by atoms with Crippen LogP contribution in [-0.2, 0) is 19.6 Å². The summed E-state index contributed by atoms with van der Waals surface area (Å²) >= 11 is 0. The number of ether oxygens (including phenoxy) is 1. The Morgan fingerprint density at radius 2 is 1.83 bits per heavy atom. The molecule has 136 valence electrons. The quantitative estimate of drug-likeness (QED) is 0.804. The monoisotopic (exact) mass is 364 g/mol. The number of alkyl halides is 2. The molecule has 0 spiro atoms. The molecule has 2 rings (SSSR count). The SMILES string of the molecule is N#CC1(CS(=O)(=O)NC(=O)C(F)(F)C2CCOCC2)CCCCC1. The third-order valence-electron chi connectivity index (χ3n) is 4.80. The van der Waals surface area contributed by atoms with Crippen molar-refractivity contribution in [1.82, 2.24) is 4.72 Å². The summed E-state index contributed by atoms with van der Waals surface area (Å²) in [5, 5.41) is 9.31. The number of sulfonamides is 1. The van der Waals surface area contributed by atoms with E-state index in [0.717, 1.165) is 19.3 Å². The van der Waals surface area contributed by atoms with Crippen molar-refractivity contribution in [2.45, 2.75) is 50.9 Å². The van der Waals surface area contributed by atoms with Gasteiger partial charge in [0.25, 0.3) is 0 Å². The molecule has 0 atom stereocenters. The molecule has 24 heavy (non-hydrogen) atoms. The predicted molar refractivity (Wildman–Crippen MR) is 81.6 cm³/mol. The predicted octanol–water partition coefficient (Wildman–Crippen LogP) is 1.97. The van der Waals surface area contributed by atoms with Crippen LogP contribution >= 0.6 is 0 Å². The fourth-order valence-corrected chi connectivity index (χ4v) is 4.94. The fraction of sp³-hybridized carbons (Fsp3) is 0.867. The van der Waals surface area contributed by atoms with Crippen LogP contribution in [0.5, 0.6) is 0 Å². The number of rotatable bonds is 5. The fourth-order valence-electron chi connectivity index (χ4n) is 3.37. The van der Waals surface area contributed by atoms with Gasteiger partial charge in [-0.3, -0.25) is 4.79 Å². The first-order valence-corrected chi connectivity index (χ1v) is 9.78. The van der Waals surface area contributed by atoms with Gasteiger partial charge in [0, 0.05) is 19.1 Å². The van der Waals surface area contributed by atoms with E-state index in [2.05, 4.69) is 0 Å². The highest BCUT2D eigenvalue weighted by atomic mass is 32.2. The van der Waals surface area contributed by atoms with E-state index in [1.54, 1.807) is 0 Å². The summed E-state index contributed by atoms with van der Waals surface area (Å²) in [6.45, 7) is 0.246. The lowest BCUT2D eigenvalue weighted by Gasteiger charge is -2.31. The second-order valence-corrected chi connectivity index (χ2v) is 8.37. The Labute approximate surface area is 140 Å². The van der Waals surface area contributed by atoms with Crippen LogP contribution in [0.2, 0.25) is 0 Å².